The number of ether oxygens (including phenoxy) is 1. The Morgan fingerprint density at radius 3 is 2.50 bits per heavy atom. The summed E-state index contributed by atoms with van der Waals surface area (Å²) in [6.45, 7) is 2.37. The van der Waals surface area contributed by atoms with E-state index in [1.54, 1.807) is 13.3 Å². The van der Waals surface area contributed by atoms with Crippen LogP contribution in [-0.4, -0.2) is 38.9 Å². The van der Waals surface area contributed by atoms with Gasteiger partial charge in [0.25, 0.3) is 5.91 Å². The summed E-state index contributed by atoms with van der Waals surface area (Å²) >= 11 is 0. The molecule has 0 unspecified atom stereocenters. The Morgan fingerprint density at radius 1 is 1.07 bits per heavy atom. The van der Waals surface area contributed by atoms with E-state index in [0.29, 0.717) is 5.75 Å². The van der Waals surface area contributed by atoms with Gasteiger partial charge in [0.15, 0.2) is 0 Å². The number of hydrogen-bond donors (Lipinski definition) is 2. The molecule has 2 aromatic rings. The zero-order valence-electron chi connectivity index (χ0n) is 16.4. The number of rotatable bonds is 7. The summed E-state index contributed by atoms with van der Waals surface area (Å²) in [5, 5.41) is 7.09. The van der Waals surface area contributed by atoms with Gasteiger partial charge in [-0.05, 0) is 42.7 Å². The first-order chi connectivity index (χ1) is 13.8. The van der Waals surface area contributed by atoms with Gasteiger partial charge < -0.3 is 15.0 Å². The highest BCUT2D eigenvalue weighted by Gasteiger charge is 2.09. The summed E-state index contributed by atoms with van der Waals surface area (Å²) in [4.78, 5) is 14.4. The number of carbonyl (C=O) groups excluding carboxylic acids is 1. The van der Waals surface area contributed by atoms with Crippen LogP contribution in [-0.2, 0) is 4.79 Å². The summed E-state index contributed by atoms with van der Waals surface area (Å²) in [7, 11) is 1.60. The predicted molar refractivity (Wildman–Crippen MR) is 114 cm³/mol. The predicted octanol–water partition coefficient (Wildman–Crippen LogP) is 3.64. The minimum atomic E-state index is -0.219. The quantitative estimate of drug-likeness (QED) is 0.569. The third-order valence-electron chi connectivity index (χ3n) is 4.81. The van der Waals surface area contributed by atoms with Crippen molar-refractivity contribution in [3.05, 3.63) is 54.1 Å². The molecular weight excluding hydrogens is 352 g/mol. The molecule has 0 spiro atoms. The number of hydrazone groups is 1. The van der Waals surface area contributed by atoms with Crippen LogP contribution in [0.1, 0.15) is 31.2 Å². The molecule has 1 aliphatic heterocycles. The number of hydrogen-bond acceptors (Lipinski definition) is 5. The van der Waals surface area contributed by atoms with Gasteiger partial charge in [-0.1, -0.05) is 37.1 Å². The largest absolute Gasteiger partial charge is 0.495 e. The second-order valence-corrected chi connectivity index (χ2v) is 6.84. The number of amides is 1. The number of carbonyl (C=O) groups is 1. The molecule has 1 heterocycles. The van der Waals surface area contributed by atoms with Gasteiger partial charge in [0.05, 0.1) is 25.6 Å². The van der Waals surface area contributed by atoms with Gasteiger partial charge in [-0.15, -0.1) is 0 Å². The second-order valence-electron chi connectivity index (χ2n) is 6.84. The monoisotopic (exact) mass is 380 g/mol. The average molecular weight is 380 g/mol. The molecule has 1 fully saturated rings. The molecule has 1 amide bonds. The minimum Gasteiger partial charge on any atom is -0.495 e. The van der Waals surface area contributed by atoms with E-state index in [2.05, 4.69) is 32.9 Å². The van der Waals surface area contributed by atoms with Crippen LogP contribution < -0.4 is 20.4 Å². The van der Waals surface area contributed by atoms with E-state index >= 15 is 0 Å². The molecule has 0 aliphatic carbocycles. The molecule has 0 atom stereocenters. The van der Waals surface area contributed by atoms with E-state index < -0.39 is 0 Å². The van der Waals surface area contributed by atoms with Crippen LogP contribution in [0.5, 0.6) is 5.75 Å². The molecular formula is C22H28N4O2. The van der Waals surface area contributed by atoms with Gasteiger partial charge in [0.1, 0.15) is 5.75 Å². The molecule has 0 aromatic heterocycles. The Hall–Kier alpha value is -3.02. The van der Waals surface area contributed by atoms with E-state index in [1.807, 2.05) is 36.4 Å². The van der Waals surface area contributed by atoms with Crippen LogP contribution >= 0.6 is 0 Å². The number of nitrogens with one attached hydrogen (secondary N) is 2. The zero-order valence-corrected chi connectivity index (χ0v) is 16.4. The number of nitrogens with zero attached hydrogens (tertiary/aromatic N) is 2. The first-order valence-electron chi connectivity index (χ1n) is 9.80. The lowest BCUT2D eigenvalue weighted by Gasteiger charge is -2.22. The van der Waals surface area contributed by atoms with Crippen molar-refractivity contribution >= 4 is 23.5 Å². The number of para-hydroxylation sites is 2. The first-order valence-corrected chi connectivity index (χ1v) is 9.80. The third kappa shape index (κ3) is 5.74. The number of benzene rings is 2. The summed E-state index contributed by atoms with van der Waals surface area (Å²) in [5.41, 5.74) is 5.52. The van der Waals surface area contributed by atoms with Crippen molar-refractivity contribution in [3.8, 4) is 5.75 Å². The lowest BCUT2D eigenvalue weighted by Crippen LogP contribution is -2.26. The van der Waals surface area contributed by atoms with E-state index in [0.717, 1.165) is 24.3 Å². The van der Waals surface area contributed by atoms with E-state index in [1.165, 1.54) is 31.4 Å². The fourth-order valence-corrected chi connectivity index (χ4v) is 3.28. The van der Waals surface area contributed by atoms with Gasteiger partial charge >= 0.3 is 0 Å². The Bertz CT molecular complexity index is 781. The highest BCUT2D eigenvalue weighted by molar-refractivity contribution is 5.84. The normalized spacial score (nSPS) is 14.5. The molecule has 0 saturated carbocycles. The maximum atomic E-state index is 12.0. The SMILES string of the molecule is COc1ccccc1NCC(=O)N/N=C\c1ccc(N2CCCCCC2)cc1. The maximum absolute atomic E-state index is 12.0. The fourth-order valence-electron chi connectivity index (χ4n) is 3.28. The van der Waals surface area contributed by atoms with Crippen LogP contribution in [0, 0.1) is 0 Å². The van der Waals surface area contributed by atoms with Gasteiger partial charge in [-0.3, -0.25) is 4.79 Å². The van der Waals surface area contributed by atoms with Crippen molar-refractivity contribution in [1.29, 1.82) is 0 Å². The molecule has 2 N–H and O–H groups in total. The molecule has 2 aromatic carbocycles. The topological polar surface area (TPSA) is 66.0 Å². The van der Waals surface area contributed by atoms with Crippen LogP contribution in [0.25, 0.3) is 0 Å². The first kappa shape index (κ1) is 19.7. The Labute approximate surface area is 166 Å². The lowest BCUT2D eigenvalue weighted by molar-refractivity contribution is -0.119. The van der Waals surface area contributed by atoms with Gasteiger partial charge in [-0.2, -0.15) is 5.10 Å². The summed E-state index contributed by atoms with van der Waals surface area (Å²) < 4.78 is 5.25. The Balaban J connectivity index is 1.46. The van der Waals surface area contributed by atoms with Gasteiger partial charge in [0, 0.05) is 18.8 Å². The van der Waals surface area contributed by atoms with E-state index in [4.69, 9.17) is 4.74 Å². The summed E-state index contributed by atoms with van der Waals surface area (Å²) in [6.07, 6.45) is 6.84. The average Bonchev–Trinajstić information content (AvgIpc) is 3.02. The van der Waals surface area contributed by atoms with E-state index in [-0.39, 0.29) is 12.5 Å². The maximum Gasteiger partial charge on any atom is 0.259 e. The highest BCUT2D eigenvalue weighted by atomic mass is 16.5. The summed E-state index contributed by atoms with van der Waals surface area (Å²) in [5.74, 6) is 0.478. The van der Waals surface area contributed by atoms with Crippen molar-refractivity contribution in [1.82, 2.24) is 5.43 Å². The molecule has 6 heteroatoms. The minimum absolute atomic E-state index is 0.117. The highest BCUT2D eigenvalue weighted by Crippen LogP contribution is 2.22. The van der Waals surface area contributed by atoms with Crippen LogP contribution in [0.4, 0.5) is 11.4 Å². The molecule has 6 nitrogen and oxygen atoms in total. The standard InChI is InChI=1S/C22H28N4O2/c1-28-21-9-5-4-8-20(21)23-17-22(27)25-24-16-18-10-12-19(13-11-18)26-14-6-2-3-7-15-26/h4-5,8-13,16,23H,2-3,6-7,14-15,17H2,1H3,(H,25,27)/b24-16-. The van der Waals surface area contributed by atoms with Gasteiger partial charge in [0.2, 0.25) is 0 Å². The van der Waals surface area contributed by atoms with Crippen molar-refractivity contribution in [3.63, 3.8) is 0 Å². The second kappa shape index (κ2) is 10.3. The van der Waals surface area contributed by atoms with Gasteiger partial charge in [-0.25, -0.2) is 5.43 Å². The lowest BCUT2D eigenvalue weighted by atomic mass is 10.2. The van der Waals surface area contributed by atoms with Crippen LogP contribution in [0.15, 0.2) is 53.6 Å². The van der Waals surface area contributed by atoms with Crippen molar-refractivity contribution in [2.24, 2.45) is 5.10 Å². The number of methoxy groups -OCH3 is 1. The molecule has 1 saturated heterocycles. The summed E-state index contributed by atoms with van der Waals surface area (Å²) in [6, 6.07) is 15.8. The molecule has 0 bridgehead atoms. The molecule has 1 aliphatic rings. The van der Waals surface area contributed by atoms with Crippen LogP contribution in [0.3, 0.4) is 0 Å². The van der Waals surface area contributed by atoms with Crippen molar-refractivity contribution in [2.45, 2.75) is 25.7 Å². The Morgan fingerprint density at radius 2 is 1.79 bits per heavy atom. The molecule has 28 heavy (non-hydrogen) atoms. The fraction of sp³-hybridized carbons (Fsp3) is 0.364. The van der Waals surface area contributed by atoms with E-state index in [9.17, 15) is 4.79 Å². The molecule has 3 rings (SSSR count). The molecule has 148 valence electrons. The van der Waals surface area contributed by atoms with Crippen molar-refractivity contribution in [2.75, 3.05) is 37.0 Å². The number of anilines is 2. The third-order valence-corrected chi connectivity index (χ3v) is 4.81. The zero-order chi connectivity index (χ0) is 19.6. The smallest absolute Gasteiger partial charge is 0.259 e. The van der Waals surface area contributed by atoms with Crippen molar-refractivity contribution < 1.29 is 9.53 Å². The molecule has 0 radical (unpaired) electrons. The van der Waals surface area contributed by atoms with Crippen LogP contribution in [0.2, 0.25) is 0 Å². The Kier molecular flexibility index (Phi) is 7.29.